The first-order chi connectivity index (χ1) is 11.2. The maximum Gasteiger partial charge on any atom is 0.244 e. The van der Waals surface area contributed by atoms with Gasteiger partial charge in [-0.3, -0.25) is 4.79 Å². The van der Waals surface area contributed by atoms with Gasteiger partial charge in [-0.1, -0.05) is 51.1 Å². The van der Waals surface area contributed by atoms with Crippen molar-refractivity contribution in [1.29, 1.82) is 0 Å². The summed E-state index contributed by atoms with van der Waals surface area (Å²) in [5.74, 6) is -0.239. The van der Waals surface area contributed by atoms with Crippen LogP contribution < -0.4 is 5.32 Å². The van der Waals surface area contributed by atoms with Gasteiger partial charge in [-0.05, 0) is 18.6 Å². The van der Waals surface area contributed by atoms with E-state index in [0.717, 1.165) is 15.4 Å². The monoisotopic (exact) mass is 344 g/mol. The van der Waals surface area contributed by atoms with E-state index in [0.29, 0.717) is 0 Å². The van der Waals surface area contributed by atoms with Gasteiger partial charge in [0.05, 0.1) is 11.6 Å². The first-order valence-electron chi connectivity index (χ1n) is 7.88. The fraction of sp³-hybridized carbons (Fsp3) is 0.368. The van der Waals surface area contributed by atoms with E-state index < -0.39 is 5.60 Å². The SMILES string of the molecule is CC(C)(C)c1ncc(C=CC(=O)NCC(C)(O)c2ccccc2)s1. The van der Waals surface area contributed by atoms with E-state index >= 15 is 0 Å². The summed E-state index contributed by atoms with van der Waals surface area (Å²) in [6.07, 6.45) is 5.00. The molecule has 1 atom stereocenters. The second-order valence-electron chi connectivity index (χ2n) is 7.01. The van der Waals surface area contributed by atoms with Gasteiger partial charge in [-0.25, -0.2) is 4.98 Å². The third-order valence-electron chi connectivity index (χ3n) is 3.57. The van der Waals surface area contributed by atoms with Crippen molar-refractivity contribution in [3.63, 3.8) is 0 Å². The Labute approximate surface area is 147 Å². The lowest BCUT2D eigenvalue weighted by molar-refractivity contribution is -0.117. The maximum absolute atomic E-state index is 12.0. The number of aromatic nitrogens is 1. The number of aliphatic hydroxyl groups is 1. The van der Waals surface area contributed by atoms with Gasteiger partial charge in [0.25, 0.3) is 0 Å². The lowest BCUT2D eigenvalue weighted by Crippen LogP contribution is -2.37. The van der Waals surface area contributed by atoms with Gasteiger partial charge >= 0.3 is 0 Å². The summed E-state index contributed by atoms with van der Waals surface area (Å²) < 4.78 is 0. The van der Waals surface area contributed by atoms with Crippen LogP contribution in [0.5, 0.6) is 0 Å². The van der Waals surface area contributed by atoms with E-state index in [1.54, 1.807) is 30.5 Å². The largest absolute Gasteiger partial charge is 0.384 e. The number of hydrogen-bond acceptors (Lipinski definition) is 4. The van der Waals surface area contributed by atoms with Gasteiger partial charge in [0.2, 0.25) is 5.91 Å². The average molecular weight is 344 g/mol. The highest BCUT2D eigenvalue weighted by atomic mass is 32.1. The van der Waals surface area contributed by atoms with Crippen molar-refractivity contribution in [2.45, 2.75) is 38.7 Å². The van der Waals surface area contributed by atoms with E-state index in [-0.39, 0.29) is 17.9 Å². The standard InChI is InChI=1S/C19H24N2O2S/c1-18(2,3)17-20-12-15(24-17)10-11-16(22)21-13-19(4,23)14-8-6-5-7-9-14/h5-12,23H,13H2,1-4H3,(H,21,22). The van der Waals surface area contributed by atoms with Crippen LogP contribution >= 0.6 is 11.3 Å². The normalized spacial score (nSPS) is 14.5. The van der Waals surface area contributed by atoms with Crippen LogP contribution in [-0.4, -0.2) is 22.5 Å². The lowest BCUT2D eigenvalue weighted by Gasteiger charge is -2.23. The Morgan fingerprint density at radius 3 is 2.50 bits per heavy atom. The molecular weight excluding hydrogens is 320 g/mol. The molecule has 1 aromatic heterocycles. The van der Waals surface area contributed by atoms with Crippen molar-refractivity contribution >= 4 is 23.3 Å². The van der Waals surface area contributed by atoms with Gasteiger partial charge in [0.15, 0.2) is 0 Å². The molecule has 4 nitrogen and oxygen atoms in total. The van der Waals surface area contributed by atoms with E-state index in [4.69, 9.17) is 0 Å². The summed E-state index contributed by atoms with van der Waals surface area (Å²) in [5, 5.41) is 14.2. The minimum Gasteiger partial charge on any atom is -0.384 e. The molecule has 0 saturated carbocycles. The molecule has 0 aliphatic carbocycles. The summed E-state index contributed by atoms with van der Waals surface area (Å²) in [6.45, 7) is 8.16. The van der Waals surface area contributed by atoms with Crippen molar-refractivity contribution in [1.82, 2.24) is 10.3 Å². The maximum atomic E-state index is 12.0. The highest BCUT2D eigenvalue weighted by Crippen LogP contribution is 2.27. The quantitative estimate of drug-likeness (QED) is 0.816. The second-order valence-corrected chi connectivity index (χ2v) is 8.07. The fourth-order valence-corrected chi connectivity index (χ4v) is 2.96. The van der Waals surface area contributed by atoms with Crippen LogP contribution in [0.25, 0.3) is 6.08 Å². The number of thiazole rings is 1. The Hall–Kier alpha value is -1.98. The first kappa shape index (κ1) is 18.4. The number of nitrogens with one attached hydrogen (secondary N) is 1. The highest BCUT2D eigenvalue weighted by molar-refractivity contribution is 7.12. The van der Waals surface area contributed by atoms with Crippen molar-refractivity contribution in [3.8, 4) is 0 Å². The molecule has 2 aromatic rings. The fourth-order valence-electron chi connectivity index (χ4n) is 2.09. The molecular formula is C19H24N2O2S. The molecule has 2 rings (SSSR count). The zero-order valence-electron chi connectivity index (χ0n) is 14.5. The summed E-state index contributed by atoms with van der Waals surface area (Å²) in [5.41, 5.74) is -0.325. The molecule has 0 bridgehead atoms. The zero-order chi connectivity index (χ0) is 17.8. The van der Waals surface area contributed by atoms with Crippen molar-refractivity contribution < 1.29 is 9.90 Å². The molecule has 1 unspecified atom stereocenters. The topological polar surface area (TPSA) is 62.2 Å². The molecule has 2 N–H and O–H groups in total. The zero-order valence-corrected chi connectivity index (χ0v) is 15.4. The molecule has 1 heterocycles. The number of hydrogen-bond donors (Lipinski definition) is 2. The molecule has 5 heteroatoms. The van der Waals surface area contributed by atoms with Crippen molar-refractivity contribution in [3.05, 3.63) is 58.1 Å². The summed E-state index contributed by atoms with van der Waals surface area (Å²) in [4.78, 5) is 17.3. The molecule has 1 aromatic carbocycles. The predicted octanol–water partition coefficient (Wildman–Crippen LogP) is 3.48. The minimum atomic E-state index is -1.10. The van der Waals surface area contributed by atoms with Crippen LogP contribution in [0.1, 0.15) is 43.1 Å². The van der Waals surface area contributed by atoms with Gasteiger partial charge in [-0.15, -0.1) is 11.3 Å². The van der Waals surface area contributed by atoms with E-state index in [1.165, 1.54) is 6.08 Å². The van der Waals surface area contributed by atoms with E-state index in [2.05, 4.69) is 31.1 Å². The Morgan fingerprint density at radius 2 is 1.92 bits per heavy atom. The van der Waals surface area contributed by atoms with Crippen LogP contribution in [-0.2, 0) is 15.8 Å². The molecule has 128 valence electrons. The van der Waals surface area contributed by atoms with Crippen LogP contribution in [0, 0.1) is 0 Å². The number of nitrogens with zero attached hydrogens (tertiary/aromatic N) is 1. The van der Waals surface area contributed by atoms with E-state index in [9.17, 15) is 9.90 Å². The first-order valence-corrected chi connectivity index (χ1v) is 8.70. The molecule has 0 radical (unpaired) electrons. The van der Waals surface area contributed by atoms with Gasteiger partial charge in [0.1, 0.15) is 5.60 Å². The summed E-state index contributed by atoms with van der Waals surface area (Å²) in [7, 11) is 0. The molecule has 24 heavy (non-hydrogen) atoms. The third-order valence-corrected chi connectivity index (χ3v) is 4.95. The van der Waals surface area contributed by atoms with Gasteiger partial charge < -0.3 is 10.4 Å². The molecule has 0 saturated heterocycles. The Bertz CT molecular complexity index is 712. The average Bonchev–Trinajstić information content (AvgIpc) is 3.01. The Balaban J connectivity index is 1.92. The summed E-state index contributed by atoms with van der Waals surface area (Å²) >= 11 is 1.58. The smallest absolute Gasteiger partial charge is 0.244 e. The van der Waals surface area contributed by atoms with Gasteiger partial charge in [0, 0.05) is 22.6 Å². The summed E-state index contributed by atoms with van der Waals surface area (Å²) in [6, 6.07) is 9.30. The number of carbonyl (C=O) groups excluding carboxylic acids is 1. The van der Waals surface area contributed by atoms with Crippen molar-refractivity contribution in [2.24, 2.45) is 0 Å². The Kier molecular flexibility index (Phi) is 5.57. The number of carbonyl (C=O) groups is 1. The van der Waals surface area contributed by atoms with Crippen molar-refractivity contribution in [2.75, 3.05) is 6.54 Å². The second kappa shape index (κ2) is 7.28. The Morgan fingerprint density at radius 1 is 1.25 bits per heavy atom. The van der Waals surface area contributed by atoms with Crippen LogP contribution in [0.3, 0.4) is 0 Å². The van der Waals surface area contributed by atoms with E-state index in [1.807, 2.05) is 30.3 Å². The number of amides is 1. The number of rotatable bonds is 5. The third kappa shape index (κ3) is 5.01. The van der Waals surface area contributed by atoms with Crippen LogP contribution in [0.4, 0.5) is 0 Å². The predicted molar refractivity (Wildman–Crippen MR) is 98.9 cm³/mol. The highest BCUT2D eigenvalue weighted by Gasteiger charge is 2.23. The van der Waals surface area contributed by atoms with Crippen LogP contribution in [0.2, 0.25) is 0 Å². The molecule has 0 aliphatic heterocycles. The molecule has 0 aliphatic rings. The molecule has 1 amide bonds. The lowest BCUT2D eigenvalue weighted by atomic mass is 9.96. The van der Waals surface area contributed by atoms with Gasteiger partial charge in [-0.2, -0.15) is 0 Å². The minimum absolute atomic E-state index is 0.00734. The molecule has 0 spiro atoms. The number of benzene rings is 1. The van der Waals surface area contributed by atoms with Crippen LogP contribution in [0.15, 0.2) is 42.6 Å². The molecule has 0 fully saturated rings.